The van der Waals surface area contributed by atoms with Crippen LogP contribution in [0.5, 0.6) is 5.75 Å². The lowest BCUT2D eigenvalue weighted by atomic mass is 9.96. The van der Waals surface area contributed by atoms with Gasteiger partial charge in [0.05, 0.1) is 5.56 Å². The maximum atomic E-state index is 13.5. The van der Waals surface area contributed by atoms with Crippen LogP contribution in [0.15, 0.2) is 53.5 Å². The Bertz CT molecular complexity index is 1030. The average Bonchev–Trinajstić information content (AvgIpc) is 2.53. The molecular weight excluding hydrogens is 352 g/mol. The third-order valence-electron chi connectivity index (χ3n) is 3.82. The highest BCUT2D eigenvalue weighted by atomic mass is 19.4. The number of alkyl halides is 3. The topological polar surface area (TPSA) is 56.7 Å². The molecule has 0 amide bonds. The van der Waals surface area contributed by atoms with Crippen LogP contribution in [0.4, 0.5) is 17.6 Å². The fourth-order valence-electron chi connectivity index (χ4n) is 2.75. The molecule has 1 atom stereocenters. The van der Waals surface area contributed by atoms with Gasteiger partial charge in [-0.1, -0.05) is 12.1 Å². The van der Waals surface area contributed by atoms with Crippen molar-refractivity contribution < 1.29 is 22.3 Å². The normalized spacial score (nSPS) is 13.0. The third kappa shape index (κ3) is 3.55. The molecule has 136 valence electrons. The van der Waals surface area contributed by atoms with E-state index >= 15 is 0 Å². The third-order valence-corrected chi connectivity index (χ3v) is 3.82. The molecule has 4 nitrogen and oxygen atoms in total. The molecule has 0 saturated heterocycles. The molecule has 3 aromatic rings. The van der Waals surface area contributed by atoms with Gasteiger partial charge in [-0.3, -0.25) is 9.20 Å². The van der Waals surface area contributed by atoms with Gasteiger partial charge in [0.1, 0.15) is 11.6 Å². The van der Waals surface area contributed by atoms with Crippen LogP contribution in [0.1, 0.15) is 18.5 Å². The lowest BCUT2D eigenvalue weighted by Crippen LogP contribution is -2.21. The van der Waals surface area contributed by atoms with Crippen molar-refractivity contribution in [1.29, 1.82) is 0 Å². The number of halogens is 4. The maximum absolute atomic E-state index is 13.5. The SMILES string of the molecule is CC(N)c1cc2ccc(F)cn2c(=O)c1-c1cccc(OC(F)(F)F)c1. The van der Waals surface area contributed by atoms with E-state index < -0.39 is 29.5 Å². The molecule has 8 heteroatoms. The zero-order chi connectivity index (χ0) is 19.1. The van der Waals surface area contributed by atoms with Gasteiger partial charge in [0.15, 0.2) is 0 Å². The highest BCUT2D eigenvalue weighted by Crippen LogP contribution is 2.30. The van der Waals surface area contributed by atoms with E-state index in [1.807, 2.05) is 0 Å². The number of benzene rings is 1. The van der Waals surface area contributed by atoms with E-state index in [2.05, 4.69) is 4.74 Å². The summed E-state index contributed by atoms with van der Waals surface area (Å²) >= 11 is 0. The Balaban J connectivity index is 2.27. The van der Waals surface area contributed by atoms with Crippen LogP contribution in [0.3, 0.4) is 0 Å². The van der Waals surface area contributed by atoms with Crippen molar-refractivity contribution in [3.05, 3.63) is 70.4 Å². The fourth-order valence-corrected chi connectivity index (χ4v) is 2.75. The molecule has 1 aromatic carbocycles. The molecule has 2 N–H and O–H groups in total. The van der Waals surface area contributed by atoms with Crippen molar-refractivity contribution >= 4 is 5.52 Å². The molecule has 0 aliphatic heterocycles. The monoisotopic (exact) mass is 366 g/mol. The van der Waals surface area contributed by atoms with Crippen LogP contribution >= 0.6 is 0 Å². The quantitative estimate of drug-likeness (QED) is 0.713. The second-order valence-corrected chi connectivity index (χ2v) is 5.79. The lowest BCUT2D eigenvalue weighted by Gasteiger charge is -2.16. The summed E-state index contributed by atoms with van der Waals surface area (Å²) in [5.41, 5.74) is 6.52. The Morgan fingerprint density at radius 1 is 1.15 bits per heavy atom. The molecule has 26 heavy (non-hydrogen) atoms. The summed E-state index contributed by atoms with van der Waals surface area (Å²) in [4.78, 5) is 12.9. The van der Waals surface area contributed by atoms with Gasteiger partial charge in [0.2, 0.25) is 0 Å². The van der Waals surface area contributed by atoms with E-state index in [0.29, 0.717) is 11.1 Å². The van der Waals surface area contributed by atoms with Crippen molar-refractivity contribution in [3.63, 3.8) is 0 Å². The first-order valence-electron chi connectivity index (χ1n) is 7.62. The number of hydrogen-bond acceptors (Lipinski definition) is 3. The minimum Gasteiger partial charge on any atom is -0.406 e. The average molecular weight is 366 g/mol. The Morgan fingerprint density at radius 3 is 2.54 bits per heavy atom. The van der Waals surface area contributed by atoms with Crippen LogP contribution in [-0.2, 0) is 0 Å². The predicted molar refractivity (Wildman–Crippen MR) is 88.3 cm³/mol. The molecule has 2 heterocycles. The Morgan fingerprint density at radius 2 is 1.88 bits per heavy atom. The summed E-state index contributed by atoms with van der Waals surface area (Å²) in [6.07, 6.45) is -3.84. The van der Waals surface area contributed by atoms with E-state index in [1.165, 1.54) is 24.3 Å². The van der Waals surface area contributed by atoms with Crippen LogP contribution in [-0.4, -0.2) is 10.8 Å². The fraction of sp³-hybridized carbons (Fsp3) is 0.167. The van der Waals surface area contributed by atoms with E-state index in [0.717, 1.165) is 22.7 Å². The van der Waals surface area contributed by atoms with Crippen molar-refractivity contribution in [2.75, 3.05) is 0 Å². The summed E-state index contributed by atoms with van der Waals surface area (Å²) in [5, 5.41) is 0. The van der Waals surface area contributed by atoms with Gasteiger partial charge in [-0.25, -0.2) is 4.39 Å². The number of pyridine rings is 2. The Hall–Kier alpha value is -2.87. The molecule has 0 aliphatic rings. The number of nitrogens with two attached hydrogens (primary N) is 1. The summed E-state index contributed by atoms with van der Waals surface area (Å²) in [6.45, 7) is 1.65. The molecule has 0 fully saturated rings. The lowest BCUT2D eigenvalue weighted by molar-refractivity contribution is -0.274. The smallest absolute Gasteiger partial charge is 0.406 e. The first kappa shape index (κ1) is 17.9. The van der Waals surface area contributed by atoms with Gasteiger partial charge in [-0.2, -0.15) is 0 Å². The summed E-state index contributed by atoms with van der Waals surface area (Å²) in [5.74, 6) is -1.08. The zero-order valence-corrected chi connectivity index (χ0v) is 13.5. The molecule has 2 aromatic heterocycles. The van der Waals surface area contributed by atoms with Gasteiger partial charge < -0.3 is 10.5 Å². The van der Waals surface area contributed by atoms with Crippen LogP contribution in [0.25, 0.3) is 16.6 Å². The van der Waals surface area contributed by atoms with Crippen LogP contribution < -0.4 is 16.0 Å². The molecule has 0 saturated carbocycles. The van der Waals surface area contributed by atoms with Crippen molar-refractivity contribution in [3.8, 4) is 16.9 Å². The predicted octanol–water partition coefficient (Wildman–Crippen LogP) is 4.02. The number of hydrogen-bond donors (Lipinski definition) is 1. The highest BCUT2D eigenvalue weighted by Gasteiger charge is 2.31. The van der Waals surface area contributed by atoms with E-state index in [4.69, 9.17) is 5.73 Å². The summed E-state index contributed by atoms with van der Waals surface area (Å²) in [6, 6.07) is 8.70. The molecule has 0 radical (unpaired) electrons. The van der Waals surface area contributed by atoms with Crippen molar-refractivity contribution in [2.24, 2.45) is 5.73 Å². The number of ether oxygens (including phenoxy) is 1. The maximum Gasteiger partial charge on any atom is 0.573 e. The molecular formula is C18H14F4N2O2. The highest BCUT2D eigenvalue weighted by molar-refractivity contribution is 5.71. The second-order valence-electron chi connectivity index (χ2n) is 5.79. The first-order chi connectivity index (χ1) is 12.2. The Kier molecular flexibility index (Phi) is 4.45. The number of aromatic nitrogens is 1. The standard InChI is InChI=1S/C18H14F4N2O2/c1-10(23)15-8-13-6-5-12(19)9-24(13)17(25)16(15)11-3-2-4-14(7-11)26-18(20,21)22/h2-10H,23H2,1H3. The van der Waals surface area contributed by atoms with Crippen molar-refractivity contribution in [1.82, 2.24) is 4.40 Å². The number of rotatable bonds is 3. The van der Waals surface area contributed by atoms with Gasteiger partial charge in [0, 0.05) is 17.8 Å². The van der Waals surface area contributed by atoms with E-state index in [1.54, 1.807) is 13.0 Å². The first-order valence-corrected chi connectivity index (χ1v) is 7.62. The number of fused-ring (bicyclic) bond motifs is 1. The van der Waals surface area contributed by atoms with Crippen LogP contribution in [0.2, 0.25) is 0 Å². The van der Waals surface area contributed by atoms with E-state index in [9.17, 15) is 22.4 Å². The van der Waals surface area contributed by atoms with Crippen LogP contribution in [0, 0.1) is 5.82 Å². The van der Waals surface area contributed by atoms with Crippen molar-refractivity contribution in [2.45, 2.75) is 19.3 Å². The van der Waals surface area contributed by atoms with E-state index in [-0.39, 0.29) is 11.1 Å². The molecule has 0 aliphatic carbocycles. The van der Waals surface area contributed by atoms with Gasteiger partial charge >= 0.3 is 6.36 Å². The number of nitrogens with zero attached hydrogens (tertiary/aromatic N) is 1. The molecule has 1 unspecified atom stereocenters. The second kappa shape index (κ2) is 6.45. The zero-order valence-electron chi connectivity index (χ0n) is 13.5. The minimum atomic E-state index is -4.86. The summed E-state index contributed by atoms with van der Waals surface area (Å²) < 4.78 is 55.9. The molecule has 0 bridgehead atoms. The largest absolute Gasteiger partial charge is 0.573 e. The van der Waals surface area contributed by atoms with Gasteiger partial charge in [0.25, 0.3) is 5.56 Å². The summed E-state index contributed by atoms with van der Waals surface area (Å²) in [7, 11) is 0. The molecule has 3 rings (SSSR count). The minimum absolute atomic E-state index is 0.0933. The molecule has 0 spiro atoms. The van der Waals surface area contributed by atoms with Gasteiger partial charge in [-0.15, -0.1) is 13.2 Å². The van der Waals surface area contributed by atoms with Gasteiger partial charge in [-0.05, 0) is 48.4 Å². The Labute approximate surface area is 145 Å².